The first-order chi connectivity index (χ1) is 15.8. The van der Waals surface area contributed by atoms with Crippen LogP contribution in [0, 0.1) is 11.3 Å². The number of ether oxygens (including phenoxy) is 1. The van der Waals surface area contributed by atoms with E-state index >= 15 is 0 Å². The highest BCUT2D eigenvalue weighted by Crippen LogP contribution is 2.30. The number of carbonyl (C=O) groups is 3. The Morgan fingerprint density at radius 2 is 1.82 bits per heavy atom. The number of carbonyl (C=O) groups excluding carboxylic acids is 2. The van der Waals surface area contributed by atoms with E-state index in [4.69, 9.17) is 9.84 Å². The Labute approximate surface area is 193 Å². The maximum atomic E-state index is 12.5. The van der Waals surface area contributed by atoms with Crippen molar-refractivity contribution >= 4 is 51.7 Å². The second-order valence-electron chi connectivity index (χ2n) is 6.61. The zero-order valence-electron chi connectivity index (χ0n) is 17.6. The van der Waals surface area contributed by atoms with Crippen LogP contribution in [0.1, 0.15) is 23.0 Å². The average Bonchev–Trinajstić information content (AvgIpc) is 3.26. The van der Waals surface area contributed by atoms with Gasteiger partial charge in [0.15, 0.2) is 5.13 Å². The number of rotatable bonds is 7. The summed E-state index contributed by atoms with van der Waals surface area (Å²) in [4.78, 5) is 41.5. The number of carboxylic acid groups (broad SMARTS) is 1. The van der Waals surface area contributed by atoms with Gasteiger partial charge in [0.05, 0.1) is 24.1 Å². The van der Waals surface area contributed by atoms with E-state index in [0.29, 0.717) is 27.9 Å². The van der Waals surface area contributed by atoms with Gasteiger partial charge in [-0.15, -0.1) is 11.3 Å². The molecule has 0 saturated carbocycles. The molecule has 0 spiro atoms. The molecule has 33 heavy (non-hydrogen) atoms. The number of aromatic nitrogens is 1. The number of methoxy groups -OCH3 is 1. The van der Waals surface area contributed by atoms with Gasteiger partial charge in [0, 0.05) is 18.0 Å². The lowest BCUT2D eigenvalue weighted by atomic mass is 10.2. The summed E-state index contributed by atoms with van der Waals surface area (Å²) in [5, 5.41) is 22.9. The van der Waals surface area contributed by atoms with Crippen LogP contribution in [0.4, 0.5) is 16.5 Å². The van der Waals surface area contributed by atoms with Crippen LogP contribution in [0.3, 0.4) is 0 Å². The molecule has 1 aromatic heterocycles. The number of nitrogens with zero attached hydrogens (tertiary/aromatic N) is 3. The summed E-state index contributed by atoms with van der Waals surface area (Å²) in [6.07, 6.45) is 1.31. The average molecular weight is 462 g/mol. The second-order valence-corrected chi connectivity index (χ2v) is 7.45. The van der Waals surface area contributed by atoms with E-state index in [9.17, 15) is 19.6 Å². The molecule has 9 nitrogen and oxygen atoms in total. The molecule has 2 aromatic carbocycles. The SMILES string of the molecule is COc1ccc(N(C(C)=O)c2nc(/C=C(\C#N)C(=O)Nc3ccc(C(=O)O)cc3)cs2)cc1. The molecule has 0 fully saturated rings. The molecule has 0 bridgehead atoms. The molecule has 166 valence electrons. The number of thiazole rings is 1. The number of benzene rings is 2. The maximum absolute atomic E-state index is 12.5. The Bertz CT molecular complexity index is 1260. The fraction of sp³-hybridized carbons (Fsp3) is 0.0870. The summed E-state index contributed by atoms with van der Waals surface area (Å²) < 4.78 is 5.14. The van der Waals surface area contributed by atoms with Gasteiger partial charge in [0.2, 0.25) is 5.91 Å². The Hall–Kier alpha value is -4.49. The largest absolute Gasteiger partial charge is 0.497 e. The second kappa shape index (κ2) is 10.2. The fourth-order valence-electron chi connectivity index (χ4n) is 2.79. The molecule has 0 aliphatic heterocycles. The molecule has 0 unspecified atom stereocenters. The number of aromatic carboxylic acids is 1. The van der Waals surface area contributed by atoms with Crippen molar-refractivity contribution in [3.63, 3.8) is 0 Å². The van der Waals surface area contributed by atoms with Crippen molar-refractivity contribution in [2.24, 2.45) is 0 Å². The minimum atomic E-state index is -1.08. The van der Waals surface area contributed by atoms with Gasteiger partial charge in [-0.2, -0.15) is 5.26 Å². The molecule has 0 aliphatic carbocycles. The smallest absolute Gasteiger partial charge is 0.335 e. The minimum Gasteiger partial charge on any atom is -0.497 e. The summed E-state index contributed by atoms with van der Waals surface area (Å²) in [7, 11) is 1.55. The van der Waals surface area contributed by atoms with Crippen LogP contribution in [-0.2, 0) is 9.59 Å². The summed E-state index contributed by atoms with van der Waals surface area (Å²) >= 11 is 1.18. The van der Waals surface area contributed by atoms with E-state index < -0.39 is 11.9 Å². The van der Waals surface area contributed by atoms with E-state index in [1.165, 1.54) is 53.5 Å². The van der Waals surface area contributed by atoms with E-state index in [0.717, 1.165) is 0 Å². The zero-order valence-corrected chi connectivity index (χ0v) is 18.4. The van der Waals surface area contributed by atoms with Crippen molar-refractivity contribution in [3.05, 3.63) is 70.7 Å². The van der Waals surface area contributed by atoms with Crippen LogP contribution in [0.5, 0.6) is 5.75 Å². The minimum absolute atomic E-state index is 0.0749. The molecule has 1 heterocycles. The highest BCUT2D eigenvalue weighted by molar-refractivity contribution is 7.14. The number of nitrogens with one attached hydrogen (secondary N) is 1. The maximum Gasteiger partial charge on any atom is 0.335 e. The topological polar surface area (TPSA) is 133 Å². The van der Waals surface area contributed by atoms with Gasteiger partial charge in [0.1, 0.15) is 17.4 Å². The predicted octanol–water partition coefficient (Wildman–Crippen LogP) is 4.08. The van der Waals surface area contributed by atoms with Gasteiger partial charge in [0.25, 0.3) is 5.91 Å². The van der Waals surface area contributed by atoms with Crippen LogP contribution in [0.15, 0.2) is 59.5 Å². The van der Waals surface area contributed by atoms with Gasteiger partial charge in [-0.1, -0.05) is 0 Å². The van der Waals surface area contributed by atoms with E-state index in [1.807, 2.05) is 6.07 Å². The Morgan fingerprint density at radius 3 is 2.36 bits per heavy atom. The molecular formula is C23H18N4O5S. The van der Waals surface area contributed by atoms with Crippen molar-refractivity contribution in [2.75, 3.05) is 17.3 Å². The highest BCUT2D eigenvalue weighted by atomic mass is 32.1. The lowest BCUT2D eigenvalue weighted by molar-refractivity contribution is -0.116. The summed E-state index contributed by atoms with van der Waals surface area (Å²) in [5.41, 5.74) is 1.14. The molecule has 2 N–H and O–H groups in total. The van der Waals surface area contributed by atoms with Crippen LogP contribution in [-0.4, -0.2) is 35.0 Å². The van der Waals surface area contributed by atoms with Crippen molar-refractivity contribution in [3.8, 4) is 11.8 Å². The normalized spacial score (nSPS) is 10.8. The standard InChI is InChI=1S/C23H18N4O5S/c1-14(28)27(19-7-9-20(32-2)10-8-19)23-26-18(13-33-23)11-16(12-24)21(29)25-17-5-3-15(4-6-17)22(30)31/h3-11,13H,1-2H3,(H,25,29)(H,30,31)/b16-11+. The monoisotopic (exact) mass is 462 g/mol. The van der Waals surface area contributed by atoms with Crippen LogP contribution in [0.25, 0.3) is 6.08 Å². The van der Waals surface area contributed by atoms with Gasteiger partial charge in [-0.25, -0.2) is 9.78 Å². The summed E-state index contributed by atoms with van der Waals surface area (Å²) in [5.74, 6) is -1.37. The quantitative estimate of drug-likeness (QED) is 0.399. The summed E-state index contributed by atoms with van der Waals surface area (Å²) in [6.45, 7) is 1.41. The molecular weight excluding hydrogens is 444 g/mol. The first-order valence-corrected chi connectivity index (χ1v) is 10.4. The number of amides is 2. The number of anilines is 3. The first kappa shape index (κ1) is 23.2. The number of nitriles is 1. The van der Waals surface area contributed by atoms with Crippen molar-refractivity contribution in [2.45, 2.75) is 6.92 Å². The lowest BCUT2D eigenvalue weighted by Crippen LogP contribution is -2.22. The molecule has 3 aromatic rings. The van der Waals surface area contributed by atoms with Gasteiger partial charge >= 0.3 is 5.97 Å². The van der Waals surface area contributed by atoms with Gasteiger partial charge < -0.3 is 15.2 Å². The van der Waals surface area contributed by atoms with Crippen molar-refractivity contribution in [1.29, 1.82) is 5.26 Å². The third-order valence-corrected chi connectivity index (χ3v) is 5.24. The zero-order chi connectivity index (χ0) is 24.0. The predicted molar refractivity (Wildman–Crippen MR) is 124 cm³/mol. The Kier molecular flexibility index (Phi) is 7.17. The first-order valence-electron chi connectivity index (χ1n) is 9.49. The van der Waals surface area contributed by atoms with Crippen molar-refractivity contribution < 1.29 is 24.2 Å². The Balaban J connectivity index is 1.81. The third kappa shape index (κ3) is 5.61. The van der Waals surface area contributed by atoms with Crippen LogP contribution >= 0.6 is 11.3 Å². The van der Waals surface area contributed by atoms with E-state index in [2.05, 4.69) is 10.3 Å². The van der Waals surface area contributed by atoms with Crippen LogP contribution < -0.4 is 15.0 Å². The lowest BCUT2D eigenvalue weighted by Gasteiger charge is -2.18. The molecule has 0 saturated heterocycles. The fourth-order valence-corrected chi connectivity index (χ4v) is 3.64. The van der Waals surface area contributed by atoms with Gasteiger partial charge in [-0.05, 0) is 54.6 Å². The molecule has 0 atom stereocenters. The van der Waals surface area contributed by atoms with E-state index in [-0.39, 0.29) is 17.0 Å². The van der Waals surface area contributed by atoms with E-state index in [1.54, 1.807) is 36.8 Å². The number of hydrogen-bond donors (Lipinski definition) is 2. The molecule has 0 aliphatic rings. The highest BCUT2D eigenvalue weighted by Gasteiger charge is 2.18. The number of hydrogen-bond acceptors (Lipinski definition) is 7. The summed E-state index contributed by atoms with van der Waals surface area (Å²) in [6, 6.07) is 14.3. The third-order valence-electron chi connectivity index (χ3n) is 4.39. The molecule has 2 amide bonds. The molecule has 10 heteroatoms. The number of carboxylic acids is 1. The van der Waals surface area contributed by atoms with Crippen LogP contribution in [0.2, 0.25) is 0 Å². The van der Waals surface area contributed by atoms with Gasteiger partial charge in [-0.3, -0.25) is 14.5 Å². The van der Waals surface area contributed by atoms with Crippen molar-refractivity contribution in [1.82, 2.24) is 4.98 Å². The molecule has 0 radical (unpaired) electrons. The molecule has 3 rings (SSSR count). The Morgan fingerprint density at radius 1 is 1.15 bits per heavy atom.